The van der Waals surface area contributed by atoms with Crippen LogP contribution in [-0.4, -0.2) is 0 Å². The van der Waals surface area contributed by atoms with Crippen LogP contribution in [0.25, 0.3) is 0 Å². The summed E-state index contributed by atoms with van der Waals surface area (Å²) in [6.07, 6.45) is 1.97. The fraction of sp³-hybridized carbons (Fsp3) is 0.118. The molecule has 0 atom stereocenters. The minimum atomic E-state index is 0. The van der Waals surface area contributed by atoms with E-state index < -0.39 is 0 Å². The maximum absolute atomic E-state index is 4.28. The van der Waals surface area contributed by atoms with Crippen molar-refractivity contribution in [3.8, 4) is 0 Å². The summed E-state index contributed by atoms with van der Waals surface area (Å²) in [5, 5.41) is 12.8. The van der Waals surface area contributed by atoms with Crippen LogP contribution in [0.15, 0.2) is 74.8 Å². The van der Waals surface area contributed by atoms with Crippen LogP contribution in [-0.2, 0) is 13.6 Å². The SMILES string of the molecule is C[n+]1cc(Br)sc1N=Nc1ccc(NCc2ccccc2)cc1.[Cl-]. The third-order valence-corrected chi connectivity index (χ3v) is 4.79. The molecule has 0 amide bonds. The summed E-state index contributed by atoms with van der Waals surface area (Å²) in [5.74, 6) is 0. The number of aromatic nitrogens is 1. The van der Waals surface area contributed by atoms with Crippen molar-refractivity contribution in [2.75, 3.05) is 5.32 Å². The van der Waals surface area contributed by atoms with Crippen molar-refractivity contribution in [3.63, 3.8) is 0 Å². The first kappa shape index (κ1) is 18.6. The predicted octanol–water partition coefficient (Wildman–Crippen LogP) is 2.37. The molecule has 124 valence electrons. The van der Waals surface area contributed by atoms with Gasteiger partial charge in [0.1, 0.15) is 15.7 Å². The lowest BCUT2D eigenvalue weighted by Gasteiger charge is -2.05. The number of rotatable bonds is 5. The van der Waals surface area contributed by atoms with E-state index in [0.29, 0.717) is 0 Å². The van der Waals surface area contributed by atoms with Crippen LogP contribution in [0.3, 0.4) is 0 Å². The van der Waals surface area contributed by atoms with Gasteiger partial charge < -0.3 is 17.7 Å². The number of azo groups is 1. The molecule has 24 heavy (non-hydrogen) atoms. The average Bonchev–Trinajstić information content (AvgIpc) is 2.90. The Morgan fingerprint density at radius 3 is 2.38 bits per heavy atom. The quantitative estimate of drug-likeness (QED) is 0.497. The molecule has 7 heteroatoms. The van der Waals surface area contributed by atoms with E-state index >= 15 is 0 Å². The first-order chi connectivity index (χ1) is 11.2. The topological polar surface area (TPSA) is 40.6 Å². The molecule has 0 bridgehead atoms. The van der Waals surface area contributed by atoms with Gasteiger partial charge in [-0.15, -0.1) is 0 Å². The van der Waals surface area contributed by atoms with Gasteiger partial charge in [0, 0.05) is 12.2 Å². The lowest BCUT2D eigenvalue weighted by molar-refractivity contribution is -0.654. The Morgan fingerprint density at radius 1 is 1.04 bits per heavy atom. The van der Waals surface area contributed by atoms with E-state index in [9.17, 15) is 0 Å². The highest BCUT2D eigenvalue weighted by Crippen LogP contribution is 2.26. The summed E-state index contributed by atoms with van der Waals surface area (Å²) in [6, 6.07) is 18.3. The van der Waals surface area contributed by atoms with Gasteiger partial charge in [0.25, 0.3) is 0 Å². The number of nitrogens with one attached hydrogen (secondary N) is 1. The molecule has 4 nitrogen and oxygen atoms in total. The predicted molar refractivity (Wildman–Crippen MR) is 97.6 cm³/mol. The smallest absolute Gasteiger partial charge is 0.409 e. The minimum absolute atomic E-state index is 0. The number of halogens is 2. The Bertz CT molecular complexity index is 803. The largest absolute Gasteiger partial charge is 1.00 e. The summed E-state index contributed by atoms with van der Waals surface area (Å²) >= 11 is 4.99. The van der Waals surface area contributed by atoms with Crippen LogP contribution in [0.1, 0.15) is 5.56 Å². The summed E-state index contributed by atoms with van der Waals surface area (Å²) in [5.41, 5.74) is 3.16. The van der Waals surface area contributed by atoms with Gasteiger partial charge in [-0.05, 0) is 62.2 Å². The Balaban J connectivity index is 0.00000208. The monoisotopic (exact) mass is 422 g/mol. The van der Waals surface area contributed by atoms with Crippen molar-refractivity contribution < 1.29 is 17.0 Å². The van der Waals surface area contributed by atoms with Crippen molar-refractivity contribution in [2.24, 2.45) is 17.3 Å². The number of benzene rings is 2. The fourth-order valence-electron chi connectivity index (χ4n) is 2.03. The summed E-state index contributed by atoms with van der Waals surface area (Å²) in [6.45, 7) is 0.806. The zero-order valence-corrected chi connectivity index (χ0v) is 16.1. The molecule has 3 aromatic rings. The normalized spacial score (nSPS) is 10.6. The standard InChI is InChI=1S/C17H15BrN4S.ClH/c1-22-12-16(18)23-17(22)21-20-15-9-7-14(8-10-15)19-11-13-5-3-2-4-6-13;/h2-10,12H,11H2,1H3;1H. The van der Waals surface area contributed by atoms with E-state index in [1.54, 1.807) is 11.3 Å². The zero-order valence-electron chi connectivity index (χ0n) is 13.0. The highest BCUT2D eigenvalue weighted by molar-refractivity contribution is 9.11. The first-order valence-electron chi connectivity index (χ1n) is 7.15. The summed E-state index contributed by atoms with van der Waals surface area (Å²) in [4.78, 5) is 0. The van der Waals surface area contributed by atoms with Crippen molar-refractivity contribution in [3.05, 3.63) is 70.1 Å². The fourth-order valence-corrected chi connectivity index (χ4v) is 3.44. The van der Waals surface area contributed by atoms with Crippen molar-refractivity contribution >= 4 is 43.8 Å². The molecule has 0 aliphatic rings. The average molecular weight is 424 g/mol. The maximum Gasteiger partial charge on any atom is 0.409 e. The third-order valence-electron chi connectivity index (χ3n) is 3.24. The van der Waals surface area contributed by atoms with Crippen LogP contribution < -0.4 is 22.3 Å². The molecule has 2 aromatic carbocycles. The van der Waals surface area contributed by atoms with Gasteiger partial charge in [-0.3, -0.25) is 0 Å². The van der Waals surface area contributed by atoms with Gasteiger partial charge in [0.05, 0.1) is 12.2 Å². The van der Waals surface area contributed by atoms with Gasteiger partial charge in [0.15, 0.2) is 0 Å². The molecule has 0 radical (unpaired) electrons. The van der Waals surface area contributed by atoms with E-state index in [2.05, 4.69) is 43.6 Å². The second-order valence-corrected chi connectivity index (χ2v) is 7.40. The second-order valence-electron chi connectivity index (χ2n) is 5.01. The first-order valence-corrected chi connectivity index (χ1v) is 8.76. The Morgan fingerprint density at radius 2 is 1.75 bits per heavy atom. The summed E-state index contributed by atoms with van der Waals surface area (Å²) in [7, 11) is 1.95. The van der Waals surface area contributed by atoms with E-state index in [0.717, 1.165) is 26.8 Å². The van der Waals surface area contributed by atoms with Gasteiger partial charge >= 0.3 is 5.13 Å². The van der Waals surface area contributed by atoms with Crippen molar-refractivity contribution in [2.45, 2.75) is 6.54 Å². The molecule has 0 spiro atoms. The Labute approximate surface area is 159 Å². The molecule has 0 saturated heterocycles. The van der Waals surface area contributed by atoms with Gasteiger partial charge in [-0.2, -0.15) is 0 Å². The van der Waals surface area contributed by atoms with Gasteiger partial charge in [-0.25, -0.2) is 4.57 Å². The molecule has 0 saturated carbocycles. The van der Waals surface area contributed by atoms with Crippen LogP contribution in [0.5, 0.6) is 0 Å². The number of thiazole rings is 1. The van der Waals surface area contributed by atoms with Crippen molar-refractivity contribution in [1.82, 2.24) is 0 Å². The molecule has 1 N–H and O–H groups in total. The Hall–Kier alpha value is -1.76. The molecule has 1 aromatic heterocycles. The minimum Gasteiger partial charge on any atom is -1.00 e. The maximum atomic E-state index is 4.28. The zero-order chi connectivity index (χ0) is 16.1. The van der Waals surface area contributed by atoms with Gasteiger partial charge in [-0.1, -0.05) is 30.3 Å². The van der Waals surface area contributed by atoms with E-state index in [1.165, 1.54) is 5.56 Å². The molecule has 0 aliphatic carbocycles. The van der Waals surface area contributed by atoms with Crippen LogP contribution in [0.2, 0.25) is 0 Å². The molecule has 0 unspecified atom stereocenters. The number of anilines is 1. The van der Waals surface area contributed by atoms with Gasteiger partial charge in [0.2, 0.25) is 0 Å². The molecule has 1 heterocycles. The van der Waals surface area contributed by atoms with Crippen LogP contribution >= 0.6 is 27.3 Å². The highest BCUT2D eigenvalue weighted by Gasteiger charge is 2.11. The lowest BCUT2D eigenvalue weighted by Crippen LogP contribution is -3.00. The molecule has 0 fully saturated rings. The molecular formula is C17H16BrClN4S. The molecule has 0 aliphatic heterocycles. The van der Waals surface area contributed by atoms with E-state index in [1.807, 2.05) is 60.3 Å². The number of hydrogen-bond acceptors (Lipinski definition) is 4. The van der Waals surface area contributed by atoms with E-state index in [4.69, 9.17) is 0 Å². The van der Waals surface area contributed by atoms with E-state index in [-0.39, 0.29) is 12.4 Å². The Kier molecular flexibility index (Phi) is 6.90. The lowest BCUT2D eigenvalue weighted by atomic mass is 10.2. The second kappa shape index (κ2) is 8.92. The number of aryl methyl sites for hydroxylation is 1. The van der Waals surface area contributed by atoms with Crippen molar-refractivity contribution in [1.29, 1.82) is 0 Å². The van der Waals surface area contributed by atoms with Crippen LogP contribution in [0, 0.1) is 0 Å². The highest BCUT2D eigenvalue weighted by atomic mass is 79.9. The number of nitrogens with zero attached hydrogens (tertiary/aromatic N) is 3. The number of hydrogen-bond donors (Lipinski definition) is 1. The summed E-state index contributed by atoms with van der Waals surface area (Å²) < 4.78 is 2.98. The molecule has 3 rings (SSSR count). The van der Waals surface area contributed by atoms with Crippen LogP contribution in [0.4, 0.5) is 16.5 Å². The molecular weight excluding hydrogens is 408 g/mol. The third kappa shape index (κ3) is 5.12.